The molecule has 0 amide bonds. The summed E-state index contributed by atoms with van der Waals surface area (Å²) in [6.07, 6.45) is 1.60. The Hall–Kier alpha value is -1.84. The first-order valence-electron chi connectivity index (χ1n) is 7.67. The number of rotatable bonds is 7. The summed E-state index contributed by atoms with van der Waals surface area (Å²) < 4.78 is 34.8. The predicted octanol–water partition coefficient (Wildman–Crippen LogP) is 4.06. The molecule has 8 heteroatoms. The summed E-state index contributed by atoms with van der Waals surface area (Å²) in [6, 6.07) is 8.71. The van der Waals surface area contributed by atoms with Crippen LogP contribution < -0.4 is 15.4 Å². The number of halogens is 3. The second-order valence-electron chi connectivity index (χ2n) is 5.12. The molecule has 1 aromatic heterocycles. The third-order valence-electron chi connectivity index (χ3n) is 3.19. The number of alkyl halides is 2. The van der Waals surface area contributed by atoms with Gasteiger partial charge in [-0.3, -0.25) is 0 Å². The van der Waals surface area contributed by atoms with Crippen molar-refractivity contribution in [3.05, 3.63) is 53.5 Å². The zero-order chi connectivity index (χ0) is 17.4. The quantitative estimate of drug-likeness (QED) is 0.368. The SMILES string of the molecule is CCNC(=NCc1cc(C)ccc1OC(F)F)NCc1ccco1.I. The Bertz CT molecular complexity index is 664. The fourth-order valence-electron chi connectivity index (χ4n) is 2.13. The molecule has 0 atom stereocenters. The van der Waals surface area contributed by atoms with Crippen molar-refractivity contribution in [2.24, 2.45) is 4.99 Å². The minimum absolute atomic E-state index is 0. The molecule has 138 valence electrons. The Labute approximate surface area is 162 Å². The first kappa shape index (κ1) is 21.2. The smallest absolute Gasteiger partial charge is 0.387 e. The highest BCUT2D eigenvalue weighted by atomic mass is 127. The van der Waals surface area contributed by atoms with Crippen molar-refractivity contribution in [2.75, 3.05) is 6.54 Å². The van der Waals surface area contributed by atoms with E-state index in [1.165, 1.54) is 6.07 Å². The number of hydrogen-bond acceptors (Lipinski definition) is 3. The third kappa shape index (κ3) is 7.29. The summed E-state index contributed by atoms with van der Waals surface area (Å²) >= 11 is 0. The van der Waals surface area contributed by atoms with Crippen molar-refractivity contribution in [1.82, 2.24) is 10.6 Å². The van der Waals surface area contributed by atoms with Gasteiger partial charge in [0.15, 0.2) is 5.96 Å². The fourth-order valence-corrected chi connectivity index (χ4v) is 2.13. The zero-order valence-electron chi connectivity index (χ0n) is 14.1. The van der Waals surface area contributed by atoms with Crippen molar-refractivity contribution in [3.63, 3.8) is 0 Å². The zero-order valence-corrected chi connectivity index (χ0v) is 16.4. The molecule has 0 bridgehead atoms. The van der Waals surface area contributed by atoms with Gasteiger partial charge >= 0.3 is 6.61 Å². The molecule has 2 rings (SSSR count). The van der Waals surface area contributed by atoms with Crippen molar-refractivity contribution >= 4 is 29.9 Å². The average molecular weight is 465 g/mol. The van der Waals surface area contributed by atoms with Crippen molar-refractivity contribution in [1.29, 1.82) is 0 Å². The van der Waals surface area contributed by atoms with Crippen LogP contribution in [0.2, 0.25) is 0 Å². The molecule has 0 fully saturated rings. The first-order chi connectivity index (χ1) is 11.6. The van der Waals surface area contributed by atoms with Gasteiger partial charge in [0, 0.05) is 12.1 Å². The predicted molar refractivity (Wildman–Crippen MR) is 104 cm³/mol. The molecule has 0 spiro atoms. The maximum absolute atomic E-state index is 12.5. The molecule has 0 aliphatic heterocycles. The number of aryl methyl sites for hydroxylation is 1. The van der Waals surface area contributed by atoms with Crippen molar-refractivity contribution < 1.29 is 17.9 Å². The Morgan fingerprint density at radius 2 is 2.08 bits per heavy atom. The number of aliphatic imine (C=N–C) groups is 1. The molecule has 0 saturated heterocycles. The van der Waals surface area contributed by atoms with Gasteiger partial charge in [0.25, 0.3) is 0 Å². The van der Waals surface area contributed by atoms with E-state index in [9.17, 15) is 8.78 Å². The van der Waals surface area contributed by atoms with Crippen molar-refractivity contribution in [2.45, 2.75) is 33.5 Å². The van der Waals surface area contributed by atoms with Gasteiger partial charge in [-0.15, -0.1) is 24.0 Å². The second-order valence-corrected chi connectivity index (χ2v) is 5.12. The van der Waals surface area contributed by atoms with Crippen LogP contribution in [0.1, 0.15) is 23.8 Å². The van der Waals surface area contributed by atoms with E-state index < -0.39 is 6.61 Å². The number of furan rings is 1. The number of nitrogens with zero attached hydrogens (tertiary/aromatic N) is 1. The van der Waals surface area contributed by atoms with Gasteiger partial charge in [0.1, 0.15) is 11.5 Å². The van der Waals surface area contributed by atoms with E-state index in [2.05, 4.69) is 20.4 Å². The lowest BCUT2D eigenvalue weighted by Gasteiger charge is -2.12. The van der Waals surface area contributed by atoms with Crippen LogP contribution in [0.4, 0.5) is 8.78 Å². The van der Waals surface area contributed by atoms with Crippen LogP contribution >= 0.6 is 24.0 Å². The minimum atomic E-state index is -2.86. The number of hydrogen-bond donors (Lipinski definition) is 2. The van der Waals surface area contributed by atoms with Crippen LogP contribution in [0.5, 0.6) is 5.75 Å². The summed E-state index contributed by atoms with van der Waals surface area (Å²) in [7, 11) is 0. The highest BCUT2D eigenvalue weighted by Crippen LogP contribution is 2.22. The van der Waals surface area contributed by atoms with Gasteiger partial charge in [-0.05, 0) is 32.0 Å². The second kappa shape index (κ2) is 10.9. The van der Waals surface area contributed by atoms with E-state index >= 15 is 0 Å². The summed E-state index contributed by atoms with van der Waals surface area (Å²) in [4.78, 5) is 4.42. The monoisotopic (exact) mass is 465 g/mol. The largest absolute Gasteiger partial charge is 0.467 e. The van der Waals surface area contributed by atoms with E-state index in [1.54, 1.807) is 18.4 Å². The van der Waals surface area contributed by atoms with Crippen LogP contribution in [-0.2, 0) is 13.1 Å². The molecule has 1 aromatic carbocycles. The lowest BCUT2D eigenvalue weighted by atomic mass is 10.1. The van der Waals surface area contributed by atoms with E-state index in [1.807, 2.05) is 26.0 Å². The van der Waals surface area contributed by atoms with E-state index in [4.69, 9.17) is 4.42 Å². The van der Waals surface area contributed by atoms with Crippen LogP contribution in [0, 0.1) is 6.92 Å². The van der Waals surface area contributed by atoms with Gasteiger partial charge in [-0.25, -0.2) is 4.99 Å². The molecule has 2 N–H and O–H groups in total. The molecular formula is C17H22F2IN3O2. The number of guanidine groups is 1. The van der Waals surface area contributed by atoms with Crippen molar-refractivity contribution in [3.8, 4) is 5.75 Å². The minimum Gasteiger partial charge on any atom is -0.467 e. The van der Waals surface area contributed by atoms with Gasteiger partial charge in [-0.2, -0.15) is 8.78 Å². The highest BCUT2D eigenvalue weighted by molar-refractivity contribution is 14.0. The summed E-state index contributed by atoms with van der Waals surface area (Å²) in [5.74, 6) is 1.48. The van der Waals surface area contributed by atoms with Crippen LogP contribution in [0.3, 0.4) is 0 Å². The Balaban J connectivity index is 0.00000312. The molecule has 25 heavy (non-hydrogen) atoms. The highest BCUT2D eigenvalue weighted by Gasteiger charge is 2.10. The summed E-state index contributed by atoms with van der Waals surface area (Å²) in [5.41, 5.74) is 1.56. The lowest BCUT2D eigenvalue weighted by Crippen LogP contribution is -2.36. The molecule has 0 aliphatic rings. The molecular weight excluding hydrogens is 443 g/mol. The van der Waals surface area contributed by atoms with Crippen LogP contribution in [-0.4, -0.2) is 19.1 Å². The topological polar surface area (TPSA) is 58.8 Å². The molecule has 2 aromatic rings. The maximum Gasteiger partial charge on any atom is 0.387 e. The van der Waals surface area contributed by atoms with E-state index in [0.29, 0.717) is 24.6 Å². The maximum atomic E-state index is 12.5. The summed E-state index contributed by atoms with van der Waals surface area (Å²) in [6.45, 7) is 2.35. The average Bonchev–Trinajstić information content (AvgIpc) is 3.05. The molecule has 0 unspecified atom stereocenters. The number of ether oxygens (including phenoxy) is 1. The molecule has 1 heterocycles. The van der Waals surface area contributed by atoms with Gasteiger partial charge in [0.2, 0.25) is 0 Å². The molecule has 0 saturated carbocycles. The van der Waals surface area contributed by atoms with Gasteiger partial charge in [-0.1, -0.05) is 17.7 Å². The normalized spacial score (nSPS) is 11.2. The molecule has 0 radical (unpaired) electrons. The lowest BCUT2D eigenvalue weighted by molar-refractivity contribution is -0.0504. The number of nitrogens with one attached hydrogen (secondary N) is 2. The van der Waals surface area contributed by atoms with Gasteiger partial charge in [0.05, 0.1) is 19.4 Å². The standard InChI is InChI=1S/C17H21F2N3O2.HI/c1-3-20-17(22-11-14-5-4-8-23-14)21-10-13-9-12(2)6-7-15(13)24-16(18)19;/h4-9,16H,3,10-11H2,1-2H3,(H2,20,21,22);1H. The fraction of sp³-hybridized carbons (Fsp3) is 0.353. The Morgan fingerprint density at radius 3 is 2.72 bits per heavy atom. The van der Waals surface area contributed by atoms with Gasteiger partial charge < -0.3 is 19.8 Å². The Morgan fingerprint density at radius 1 is 1.28 bits per heavy atom. The Kier molecular flexibility index (Phi) is 9.25. The molecule has 5 nitrogen and oxygen atoms in total. The number of benzene rings is 1. The van der Waals surface area contributed by atoms with Crippen LogP contribution in [0.25, 0.3) is 0 Å². The van der Waals surface area contributed by atoms with Crippen LogP contribution in [0.15, 0.2) is 46.0 Å². The third-order valence-corrected chi connectivity index (χ3v) is 3.19. The van der Waals surface area contributed by atoms with E-state index in [-0.39, 0.29) is 36.3 Å². The van der Waals surface area contributed by atoms with E-state index in [0.717, 1.165) is 11.3 Å². The first-order valence-corrected chi connectivity index (χ1v) is 7.67. The summed E-state index contributed by atoms with van der Waals surface area (Å²) in [5, 5.41) is 6.22. The molecule has 0 aliphatic carbocycles.